The van der Waals surface area contributed by atoms with Gasteiger partial charge in [0.15, 0.2) is 10.8 Å². The minimum absolute atomic E-state index is 0.00393. The summed E-state index contributed by atoms with van der Waals surface area (Å²) in [5.74, 6) is -0.00393. The third-order valence-electron chi connectivity index (χ3n) is 3.20. The molecule has 0 unspecified atom stereocenters. The Bertz CT molecular complexity index is 711. The van der Waals surface area contributed by atoms with Crippen molar-refractivity contribution in [2.24, 2.45) is 0 Å². The highest BCUT2D eigenvalue weighted by Crippen LogP contribution is 2.34. The molecule has 3 rings (SSSR count). The summed E-state index contributed by atoms with van der Waals surface area (Å²) >= 11 is 0.886. The fourth-order valence-electron chi connectivity index (χ4n) is 2.13. The van der Waals surface area contributed by atoms with Crippen LogP contribution in [0.4, 0.5) is 29.7 Å². The highest BCUT2D eigenvalue weighted by molar-refractivity contribution is 7.13. The number of thiazole rings is 1. The maximum absolute atomic E-state index is 12.5. The topological polar surface area (TPSA) is 45.2 Å². The van der Waals surface area contributed by atoms with Gasteiger partial charge >= 0.3 is 6.18 Å². The number of nitrogens with zero attached hydrogens (tertiary/aromatic N) is 2. The van der Waals surface area contributed by atoms with E-state index < -0.39 is 11.9 Å². The number of likely N-dealkylation sites (N-methyl/N-ethyl adjacent to an activating group) is 1. The summed E-state index contributed by atoms with van der Waals surface area (Å²) in [6, 6.07) is 5.23. The predicted molar refractivity (Wildman–Crippen MR) is 74.0 cm³/mol. The van der Waals surface area contributed by atoms with Crippen molar-refractivity contribution in [2.45, 2.75) is 12.6 Å². The molecule has 0 fully saturated rings. The third kappa shape index (κ3) is 2.58. The number of carbonyl (C=O) groups excluding carboxylic acids is 1. The van der Waals surface area contributed by atoms with Crippen molar-refractivity contribution in [3.05, 3.63) is 34.8 Å². The van der Waals surface area contributed by atoms with E-state index in [9.17, 15) is 18.0 Å². The molecule has 1 aliphatic heterocycles. The molecule has 8 heteroatoms. The van der Waals surface area contributed by atoms with Gasteiger partial charge in [-0.15, -0.1) is 11.3 Å². The average molecular weight is 313 g/mol. The Morgan fingerprint density at radius 1 is 1.38 bits per heavy atom. The molecule has 0 saturated heterocycles. The lowest BCUT2D eigenvalue weighted by molar-refractivity contribution is -0.140. The summed E-state index contributed by atoms with van der Waals surface area (Å²) in [6.07, 6.45) is -4.14. The zero-order valence-corrected chi connectivity index (χ0v) is 11.7. The van der Waals surface area contributed by atoms with Crippen LogP contribution in [0.3, 0.4) is 0 Å². The molecule has 0 radical (unpaired) electrons. The average Bonchev–Trinajstić information content (AvgIpc) is 2.96. The highest BCUT2D eigenvalue weighted by atomic mass is 32.1. The third-order valence-corrected chi connectivity index (χ3v) is 3.96. The standard InChI is InChI=1S/C13H10F3N3OS/c1-19-9-3-2-8(4-7(9)5-11(19)20)17-12-18-10(6-21-12)13(14,15)16/h2-4,6H,5H2,1H3,(H,17,18). The van der Waals surface area contributed by atoms with Gasteiger partial charge in [0.25, 0.3) is 0 Å². The molecule has 1 aromatic heterocycles. The zero-order valence-electron chi connectivity index (χ0n) is 10.9. The number of alkyl halides is 3. The molecule has 0 aliphatic carbocycles. The van der Waals surface area contributed by atoms with Crippen LogP contribution >= 0.6 is 11.3 Å². The number of carbonyl (C=O) groups is 1. The Morgan fingerprint density at radius 2 is 2.14 bits per heavy atom. The van der Waals surface area contributed by atoms with E-state index in [4.69, 9.17) is 0 Å². The van der Waals surface area contributed by atoms with Crippen LogP contribution < -0.4 is 10.2 Å². The van der Waals surface area contributed by atoms with Crippen molar-refractivity contribution in [1.82, 2.24) is 4.98 Å². The molecule has 1 N–H and O–H groups in total. The molecule has 110 valence electrons. The van der Waals surface area contributed by atoms with Crippen LogP contribution in [0.2, 0.25) is 0 Å². The zero-order chi connectivity index (χ0) is 15.2. The molecule has 1 aromatic carbocycles. The van der Waals surface area contributed by atoms with E-state index in [1.807, 2.05) is 0 Å². The molecule has 1 amide bonds. The SMILES string of the molecule is CN1C(=O)Cc2cc(Nc3nc(C(F)(F)F)cs3)ccc21. The second-order valence-corrected chi connectivity index (χ2v) is 5.49. The van der Waals surface area contributed by atoms with Gasteiger partial charge in [-0.3, -0.25) is 4.79 Å². The van der Waals surface area contributed by atoms with E-state index >= 15 is 0 Å². The normalized spacial score (nSPS) is 14.5. The number of anilines is 3. The molecule has 4 nitrogen and oxygen atoms in total. The van der Waals surface area contributed by atoms with Gasteiger partial charge in [0.05, 0.1) is 6.42 Å². The highest BCUT2D eigenvalue weighted by Gasteiger charge is 2.33. The van der Waals surface area contributed by atoms with Crippen LogP contribution in [0, 0.1) is 0 Å². The van der Waals surface area contributed by atoms with Crippen molar-refractivity contribution in [3.8, 4) is 0 Å². The van der Waals surface area contributed by atoms with Crippen LogP contribution in [-0.4, -0.2) is 17.9 Å². The minimum Gasteiger partial charge on any atom is -0.332 e. The van der Waals surface area contributed by atoms with Crippen LogP contribution in [0.25, 0.3) is 0 Å². The van der Waals surface area contributed by atoms with Gasteiger partial charge in [0, 0.05) is 23.8 Å². The van der Waals surface area contributed by atoms with Gasteiger partial charge in [0.2, 0.25) is 5.91 Å². The van der Waals surface area contributed by atoms with Gasteiger partial charge < -0.3 is 10.2 Å². The van der Waals surface area contributed by atoms with Crippen molar-refractivity contribution in [1.29, 1.82) is 0 Å². The smallest absolute Gasteiger partial charge is 0.332 e. The number of rotatable bonds is 2. The first kappa shape index (κ1) is 13.9. The Balaban J connectivity index is 1.82. The van der Waals surface area contributed by atoms with E-state index in [0.717, 1.165) is 28.0 Å². The van der Waals surface area contributed by atoms with Crippen LogP contribution in [0.1, 0.15) is 11.3 Å². The van der Waals surface area contributed by atoms with Gasteiger partial charge in [-0.05, 0) is 23.8 Å². The van der Waals surface area contributed by atoms with Gasteiger partial charge in [0.1, 0.15) is 0 Å². The predicted octanol–water partition coefficient (Wildman–Crippen LogP) is 3.42. The first-order valence-corrected chi connectivity index (χ1v) is 6.92. The molecule has 0 spiro atoms. The van der Waals surface area contributed by atoms with Crippen molar-refractivity contribution < 1.29 is 18.0 Å². The Labute approximate surface area is 122 Å². The van der Waals surface area contributed by atoms with E-state index in [1.54, 1.807) is 30.1 Å². The fraction of sp³-hybridized carbons (Fsp3) is 0.231. The minimum atomic E-state index is -4.44. The molecular formula is C13H10F3N3OS. The summed E-state index contributed by atoms with van der Waals surface area (Å²) < 4.78 is 37.4. The molecule has 2 heterocycles. The Morgan fingerprint density at radius 3 is 2.81 bits per heavy atom. The number of nitrogens with one attached hydrogen (secondary N) is 1. The summed E-state index contributed by atoms with van der Waals surface area (Å²) in [4.78, 5) is 16.6. The maximum Gasteiger partial charge on any atom is 0.434 e. The summed E-state index contributed by atoms with van der Waals surface area (Å²) in [5, 5.41) is 3.97. The number of amides is 1. The summed E-state index contributed by atoms with van der Waals surface area (Å²) in [5.41, 5.74) is 1.37. The fourth-order valence-corrected chi connectivity index (χ4v) is 2.87. The Kier molecular flexibility index (Phi) is 3.12. The first-order chi connectivity index (χ1) is 9.84. The monoisotopic (exact) mass is 313 g/mol. The lowest BCUT2D eigenvalue weighted by Crippen LogP contribution is -2.20. The van der Waals surface area contributed by atoms with Gasteiger partial charge in [-0.2, -0.15) is 13.2 Å². The van der Waals surface area contributed by atoms with E-state index in [0.29, 0.717) is 12.1 Å². The van der Waals surface area contributed by atoms with Crippen molar-refractivity contribution in [3.63, 3.8) is 0 Å². The van der Waals surface area contributed by atoms with Crippen LogP contribution in [-0.2, 0) is 17.4 Å². The van der Waals surface area contributed by atoms with Crippen LogP contribution in [0.5, 0.6) is 0 Å². The lowest BCUT2D eigenvalue weighted by Gasteiger charge is -2.10. The number of halogens is 3. The van der Waals surface area contributed by atoms with Crippen LogP contribution in [0.15, 0.2) is 23.6 Å². The number of aromatic nitrogens is 1. The number of hydrogen-bond acceptors (Lipinski definition) is 4. The molecule has 0 saturated carbocycles. The van der Waals surface area contributed by atoms with Crippen molar-refractivity contribution in [2.75, 3.05) is 17.3 Å². The number of fused-ring (bicyclic) bond motifs is 1. The molecule has 21 heavy (non-hydrogen) atoms. The number of hydrogen-bond donors (Lipinski definition) is 1. The van der Waals surface area contributed by atoms with E-state index in [-0.39, 0.29) is 11.0 Å². The van der Waals surface area contributed by atoms with Gasteiger partial charge in [-0.1, -0.05) is 0 Å². The van der Waals surface area contributed by atoms with Crippen molar-refractivity contribution >= 4 is 33.8 Å². The second-order valence-electron chi connectivity index (χ2n) is 4.63. The summed E-state index contributed by atoms with van der Waals surface area (Å²) in [6.45, 7) is 0. The largest absolute Gasteiger partial charge is 0.434 e. The number of benzene rings is 1. The Hall–Kier alpha value is -2.09. The van der Waals surface area contributed by atoms with Gasteiger partial charge in [-0.25, -0.2) is 4.98 Å². The molecule has 2 aromatic rings. The first-order valence-electron chi connectivity index (χ1n) is 6.04. The molecule has 0 atom stereocenters. The molecule has 0 bridgehead atoms. The lowest BCUT2D eigenvalue weighted by atomic mass is 10.1. The maximum atomic E-state index is 12.5. The quantitative estimate of drug-likeness (QED) is 0.924. The van der Waals surface area contributed by atoms with E-state index in [1.165, 1.54) is 0 Å². The second kappa shape index (κ2) is 4.73. The molecule has 1 aliphatic rings. The molecular weight excluding hydrogens is 303 g/mol. The van der Waals surface area contributed by atoms with E-state index in [2.05, 4.69) is 10.3 Å². The summed E-state index contributed by atoms with van der Waals surface area (Å²) in [7, 11) is 1.69.